The van der Waals surface area contributed by atoms with Gasteiger partial charge in [0.1, 0.15) is 19.0 Å². The minimum atomic E-state index is -0.228. The maximum Gasteiger partial charge on any atom is 0.230 e. The lowest BCUT2D eigenvalue weighted by Gasteiger charge is -2.26. The molecule has 0 N–H and O–H groups in total. The molecule has 0 saturated carbocycles. The number of hydrogen-bond acceptors (Lipinski definition) is 4. The molecule has 30 heavy (non-hydrogen) atoms. The highest BCUT2D eigenvalue weighted by Crippen LogP contribution is 2.32. The smallest absolute Gasteiger partial charge is 0.230 e. The van der Waals surface area contributed by atoms with Crippen LogP contribution in [0.25, 0.3) is 10.8 Å². The van der Waals surface area contributed by atoms with Crippen LogP contribution in [0.2, 0.25) is 0 Å². The first-order valence-electron chi connectivity index (χ1n) is 10.3. The maximum absolute atomic E-state index is 13.3. The molecule has 1 atom stereocenters. The van der Waals surface area contributed by atoms with Gasteiger partial charge in [-0.25, -0.2) is 0 Å². The second-order valence-corrected chi connectivity index (χ2v) is 7.52. The third-order valence-electron chi connectivity index (χ3n) is 5.62. The van der Waals surface area contributed by atoms with E-state index in [0.29, 0.717) is 26.3 Å². The Labute approximate surface area is 177 Å². The topological polar surface area (TPSA) is 48.0 Å². The summed E-state index contributed by atoms with van der Waals surface area (Å²) in [5, 5.41) is 2.20. The first-order chi connectivity index (χ1) is 14.6. The molecule has 1 amide bonds. The van der Waals surface area contributed by atoms with E-state index in [9.17, 15) is 4.79 Å². The van der Waals surface area contributed by atoms with Gasteiger partial charge in [-0.2, -0.15) is 0 Å². The molecule has 0 saturated heterocycles. The largest absolute Gasteiger partial charge is 0.497 e. The lowest BCUT2D eigenvalue weighted by Crippen LogP contribution is -2.33. The fourth-order valence-electron chi connectivity index (χ4n) is 3.81. The number of ether oxygens (including phenoxy) is 3. The zero-order valence-electron chi connectivity index (χ0n) is 17.7. The number of fused-ring (bicyclic) bond motifs is 2. The quantitative estimate of drug-likeness (QED) is 0.593. The number of benzene rings is 3. The van der Waals surface area contributed by atoms with E-state index < -0.39 is 0 Å². The molecule has 0 bridgehead atoms. The van der Waals surface area contributed by atoms with Crippen LogP contribution in [0.15, 0.2) is 54.6 Å². The fourth-order valence-corrected chi connectivity index (χ4v) is 3.81. The zero-order chi connectivity index (χ0) is 21.1. The van der Waals surface area contributed by atoms with Crippen molar-refractivity contribution in [3.8, 4) is 17.2 Å². The summed E-state index contributed by atoms with van der Waals surface area (Å²) >= 11 is 0. The molecule has 1 aliphatic rings. The third kappa shape index (κ3) is 4.06. The number of carbonyl (C=O) groups is 1. The van der Waals surface area contributed by atoms with E-state index in [2.05, 4.69) is 6.07 Å². The van der Waals surface area contributed by atoms with E-state index in [4.69, 9.17) is 14.2 Å². The Morgan fingerprint density at radius 3 is 2.50 bits per heavy atom. The number of nitrogens with zero attached hydrogens (tertiary/aromatic N) is 1. The Kier molecular flexibility index (Phi) is 5.79. The molecule has 0 spiro atoms. The predicted molar refractivity (Wildman–Crippen MR) is 117 cm³/mol. The summed E-state index contributed by atoms with van der Waals surface area (Å²) in [6.45, 7) is 6.29. The fraction of sp³-hybridized carbons (Fsp3) is 0.320. The maximum atomic E-state index is 13.3. The number of amides is 1. The first-order valence-corrected chi connectivity index (χ1v) is 10.3. The monoisotopic (exact) mass is 405 g/mol. The molecule has 3 aromatic carbocycles. The van der Waals surface area contributed by atoms with Gasteiger partial charge in [-0.1, -0.05) is 30.3 Å². The molecule has 5 nitrogen and oxygen atoms in total. The molecule has 1 heterocycles. The van der Waals surface area contributed by atoms with Crippen molar-refractivity contribution in [1.82, 2.24) is 4.90 Å². The van der Waals surface area contributed by atoms with Crippen molar-refractivity contribution >= 4 is 16.7 Å². The van der Waals surface area contributed by atoms with E-state index >= 15 is 0 Å². The van der Waals surface area contributed by atoms with Crippen LogP contribution in [-0.4, -0.2) is 37.7 Å². The van der Waals surface area contributed by atoms with Crippen LogP contribution in [0.4, 0.5) is 0 Å². The molecule has 0 aliphatic carbocycles. The highest BCUT2D eigenvalue weighted by atomic mass is 16.6. The molecule has 5 heteroatoms. The molecule has 0 unspecified atom stereocenters. The predicted octanol–water partition coefficient (Wildman–Crippen LogP) is 4.77. The van der Waals surface area contributed by atoms with Gasteiger partial charge in [0.05, 0.1) is 13.0 Å². The Morgan fingerprint density at radius 2 is 1.73 bits per heavy atom. The van der Waals surface area contributed by atoms with Gasteiger partial charge in [0.25, 0.3) is 0 Å². The van der Waals surface area contributed by atoms with Crippen molar-refractivity contribution in [2.45, 2.75) is 26.3 Å². The van der Waals surface area contributed by atoms with Gasteiger partial charge in [-0.3, -0.25) is 4.79 Å². The van der Waals surface area contributed by atoms with Gasteiger partial charge in [0.2, 0.25) is 5.91 Å². The zero-order valence-corrected chi connectivity index (χ0v) is 17.7. The second-order valence-electron chi connectivity index (χ2n) is 7.52. The van der Waals surface area contributed by atoms with Crippen molar-refractivity contribution in [3.05, 3.63) is 65.7 Å². The Hall–Kier alpha value is -3.21. The summed E-state index contributed by atoms with van der Waals surface area (Å²) in [5.41, 5.74) is 2.05. The molecular weight excluding hydrogens is 378 g/mol. The standard InChI is InChI=1S/C25H27NO4/c1-4-26(16-18-5-10-23-24(13-18)30-12-11-29-23)25(27)17(2)19-6-7-21-15-22(28-3)9-8-20(21)14-19/h5-10,13-15,17H,4,11-12,16H2,1-3H3/t17-/m1/s1. The van der Waals surface area contributed by atoms with Gasteiger partial charge in [-0.05, 0) is 60.0 Å². The average Bonchev–Trinajstić information content (AvgIpc) is 2.80. The lowest BCUT2D eigenvalue weighted by molar-refractivity contribution is -0.132. The van der Waals surface area contributed by atoms with Crippen LogP contribution in [0.3, 0.4) is 0 Å². The van der Waals surface area contributed by atoms with E-state index in [0.717, 1.165) is 39.1 Å². The van der Waals surface area contributed by atoms with Crippen molar-refractivity contribution in [2.24, 2.45) is 0 Å². The van der Waals surface area contributed by atoms with Crippen molar-refractivity contribution in [1.29, 1.82) is 0 Å². The molecule has 156 valence electrons. The van der Waals surface area contributed by atoms with Crippen LogP contribution in [-0.2, 0) is 11.3 Å². The minimum Gasteiger partial charge on any atom is -0.497 e. The van der Waals surface area contributed by atoms with E-state index in [1.54, 1.807) is 7.11 Å². The summed E-state index contributed by atoms with van der Waals surface area (Å²) in [5.74, 6) is 2.23. The molecule has 1 aliphatic heterocycles. The Balaban J connectivity index is 1.52. The van der Waals surface area contributed by atoms with Gasteiger partial charge < -0.3 is 19.1 Å². The summed E-state index contributed by atoms with van der Waals surface area (Å²) in [6.07, 6.45) is 0. The lowest BCUT2D eigenvalue weighted by atomic mass is 9.96. The molecule has 3 aromatic rings. The summed E-state index contributed by atoms with van der Waals surface area (Å²) < 4.78 is 16.6. The first kappa shape index (κ1) is 20.1. The van der Waals surface area contributed by atoms with Crippen molar-refractivity contribution in [3.63, 3.8) is 0 Å². The average molecular weight is 405 g/mol. The summed E-state index contributed by atoms with van der Waals surface area (Å²) in [4.78, 5) is 15.1. The van der Waals surface area contributed by atoms with E-state index in [-0.39, 0.29) is 11.8 Å². The van der Waals surface area contributed by atoms with Gasteiger partial charge in [-0.15, -0.1) is 0 Å². The van der Waals surface area contributed by atoms with Gasteiger partial charge in [0.15, 0.2) is 11.5 Å². The van der Waals surface area contributed by atoms with Gasteiger partial charge in [0, 0.05) is 13.1 Å². The highest BCUT2D eigenvalue weighted by Gasteiger charge is 2.22. The van der Waals surface area contributed by atoms with Crippen LogP contribution in [0, 0.1) is 0 Å². The van der Waals surface area contributed by atoms with Crippen molar-refractivity contribution < 1.29 is 19.0 Å². The SMILES string of the molecule is CCN(Cc1ccc2c(c1)OCCO2)C(=O)[C@H](C)c1ccc2cc(OC)ccc2c1. The molecule has 0 aromatic heterocycles. The number of carbonyl (C=O) groups excluding carboxylic acids is 1. The van der Waals surface area contributed by atoms with Crippen LogP contribution >= 0.6 is 0 Å². The van der Waals surface area contributed by atoms with Crippen LogP contribution < -0.4 is 14.2 Å². The summed E-state index contributed by atoms with van der Waals surface area (Å²) in [7, 11) is 1.66. The van der Waals surface area contributed by atoms with Crippen LogP contribution in [0.5, 0.6) is 17.2 Å². The normalized spacial score (nSPS) is 13.7. The van der Waals surface area contributed by atoms with Gasteiger partial charge >= 0.3 is 0 Å². The number of methoxy groups -OCH3 is 1. The Morgan fingerprint density at radius 1 is 1.00 bits per heavy atom. The Bertz CT molecular complexity index is 1060. The molecule has 0 fully saturated rings. The minimum absolute atomic E-state index is 0.111. The summed E-state index contributed by atoms with van der Waals surface area (Å²) in [6, 6.07) is 18.0. The highest BCUT2D eigenvalue weighted by molar-refractivity contribution is 5.88. The third-order valence-corrected chi connectivity index (χ3v) is 5.62. The van der Waals surface area contributed by atoms with Crippen LogP contribution in [0.1, 0.15) is 30.9 Å². The molecule has 4 rings (SSSR count). The van der Waals surface area contributed by atoms with E-state index in [1.165, 1.54) is 0 Å². The van der Waals surface area contributed by atoms with Crippen molar-refractivity contribution in [2.75, 3.05) is 26.9 Å². The number of likely N-dealkylation sites (N-methyl/N-ethyl adjacent to an activating group) is 1. The molecule has 0 radical (unpaired) electrons. The number of hydrogen-bond donors (Lipinski definition) is 0. The number of rotatable bonds is 6. The molecular formula is C25H27NO4. The second kappa shape index (κ2) is 8.66. The van der Waals surface area contributed by atoms with E-state index in [1.807, 2.05) is 67.3 Å².